The maximum absolute atomic E-state index is 12.6. The van der Waals surface area contributed by atoms with E-state index in [1.54, 1.807) is 0 Å². The molecule has 0 amide bonds. The van der Waals surface area contributed by atoms with E-state index >= 15 is 0 Å². The number of H-pyrrole nitrogens is 1. The number of hydrogen-bond acceptors (Lipinski definition) is 5. The zero-order chi connectivity index (χ0) is 18.3. The molecule has 0 aliphatic carbocycles. The SMILES string of the molecule is Cc1cccc(-n2c3c(c(=O)[nH]c2=S)CN(C[C@H]2CCCO2)CN3)c1C. The van der Waals surface area contributed by atoms with Crippen LogP contribution >= 0.6 is 12.2 Å². The molecule has 1 fully saturated rings. The van der Waals surface area contributed by atoms with Gasteiger partial charge in [-0.15, -0.1) is 0 Å². The summed E-state index contributed by atoms with van der Waals surface area (Å²) in [6.45, 7) is 7.11. The fourth-order valence-electron chi connectivity index (χ4n) is 3.78. The number of ether oxygens (including phenoxy) is 1. The Morgan fingerprint density at radius 3 is 2.96 bits per heavy atom. The number of hydrogen-bond donors (Lipinski definition) is 2. The third kappa shape index (κ3) is 3.11. The molecule has 1 saturated heterocycles. The minimum absolute atomic E-state index is 0.115. The van der Waals surface area contributed by atoms with Gasteiger partial charge in [0.1, 0.15) is 5.82 Å². The van der Waals surface area contributed by atoms with Crippen LogP contribution in [-0.2, 0) is 11.3 Å². The number of fused-ring (bicyclic) bond motifs is 1. The van der Waals surface area contributed by atoms with Gasteiger partial charge in [0, 0.05) is 19.7 Å². The molecular weight excluding hydrogens is 348 g/mol. The van der Waals surface area contributed by atoms with Crippen molar-refractivity contribution in [2.45, 2.75) is 39.3 Å². The van der Waals surface area contributed by atoms with Crippen LogP contribution in [-0.4, -0.2) is 40.4 Å². The van der Waals surface area contributed by atoms with Gasteiger partial charge < -0.3 is 10.1 Å². The highest BCUT2D eigenvalue weighted by Crippen LogP contribution is 2.27. The largest absolute Gasteiger partial charge is 0.377 e. The smallest absolute Gasteiger partial charge is 0.258 e. The Morgan fingerprint density at radius 1 is 1.35 bits per heavy atom. The van der Waals surface area contributed by atoms with Gasteiger partial charge in [0.05, 0.1) is 24.0 Å². The van der Waals surface area contributed by atoms with Gasteiger partial charge in [0.2, 0.25) is 0 Å². The molecule has 0 unspecified atom stereocenters. The lowest BCUT2D eigenvalue weighted by Crippen LogP contribution is -2.42. The highest BCUT2D eigenvalue weighted by molar-refractivity contribution is 7.71. The molecule has 6 nitrogen and oxygen atoms in total. The van der Waals surface area contributed by atoms with Gasteiger partial charge in [-0.1, -0.05) is 12.1 Å². The van der Waals surface area contributed by atoms with Crippen molar-refractivity contribution in [2.75, 3.05) is 25.1 Å². The second-order valence-electron chi connectivity index (χ2n) is 7.12. The predicted molar refractivity (Wildman–Crippen MR) is 105 cm³/mol. The van der Waals surface area contributed by atoms with Crippen LogP contribution in [0.1, 0.15) is 29.5 Å². The van der Waals surface area contributed by atoms with E-state index in [9.17, 15) is 4.79 Å². The highest BCUT2D eigenvalue weighted by Gasteiger charge is 2.26. The van der Waals surface area contributed by atoms with Crippen LogP contribution in [0.2, 0.25) is 0 Å². The molecule has 138 valence electrons. The Labute approximate surface area is 157 Å². The van der Waals surface area contributed by atoms with Crippen molar-refractivity contribution < 1.29 is 4.74 Å². The average molecular weight is 372 g/mol. The zero-order valence-corrected chi connectivity index (χ0v) is 16.0. The van der Waals surface area contributed by atoms with E-state index in [0.717, 1.165) is 48.6 Å². The summed E-state index contributed by atoms with van der Waals surface area (Å²) < 4.78 is 8.11. The summed E-state index contributed by atoms with van der Waals surface area (Å²) in [4.78, 5) is 17.6. The van der Waals surface area contributed by atoms with E-state index in [2.05, 4.69) is 35.1 Å². The molecule has 26 heavy (non-hydrogen) atoms. The molecule has 0 spiro atoms. The quantitative estimate of drug-likeness (QED) is 0.812. The number of nitrogens with zero attached hydrogens (tertiary/aromatic N) is 2. The minimum atomic E-state index is -0.115. The van der Waals surface area contributed by atoms with Crippen molar-refractivity contribution in [3.8, 4) is 5.69 Å². The second kappa shape index (κ2) is 6.98. The van der Waals surface area contributed by atoms with E-state index in [0.29, 0.717) is 18.0 Å². The molecule has 0 radical (unpaired) electrons. The molecule has 2 aliphatic rings. The third-order valence-electron chi connectivity index (χ3n) is 5.36. The molecule has 2 N–H and O–H groups in total. The maximum Gasteiger partial charge on any atom is 0.258 e. The number of rotatable bonds is 3. The van der Waals surface area contributed by atoms with Crippen molar-refractivity contribution in [3.63, 3.8) is 0 Å². The number of aromatic nitrogens is 2. The van der Waals surface area contributed by atoms with Crippen LogP contribution in [0.3, 0.4) is 0 Å². The van der Waals surface area contributed by atoms with Crippen LogP contribution in [0.4, 0.5) is 5.82 Å². The number of benzene rings is 1. The van der Waals surface area contributed by atoms with Gasteiger partial charge in [0.25, 0.3) is 5.56 Å². The summed E-state index contributed by atoms with van der Waals surface area (Å²) in [5.74, 6) is 0.802. The molecule has 0 bridgehead atoms. The summed E-state index contributed by atoms with van der Waals surface area (Å²) in [6, 6.07) is 6.14. The lowest BCUT2D eigenvalue weighted by atomic mass is 10.1. The van der Waals surface area contributed by atoms with E-state index < -0.39 is 0 Å². The molecule has 1 atom stereocenters. The molecule has 1 aromatic carbocycles. The number of aryl methyl sites for hydroxylation is 1. The summed E-state index contributed by atoms with van der Waals surface area (Å²) >= 11 is 5.49. The van der Waals surface area contributed by atoms with Gasteiger partial charge in [-0.25, -0.2) is 0 Å². The number of nitrogens with one attached hydrogen (secondary N) is 2. The first-order valence-electron chi connectivity index (χ1n) is 9.07. The first-order chi connectivity index (χ1) is 12.5. The Morgan fingerprint density at radius 2 is 2.19 bits per heavy atom. The average Bonchev–Trinajstić information content (AvgIpc) is 3.12. The van der Waals surface area contributed by atoms with Crippen molar-refractivity contribution in [1.29, 1.82) is 0 Å². The standard InChI is InChI=1S/C19H24N4O2S/c1-12-5-3-7-16(13(12)2)23-17-15(18(24)21-19(23)26)10-22(11-20-17)9-14-6-4-8-25-14/h3,5,7,14,20H,4,6,8-11H2,1-2H3,(H,21,24,26)/t14-/m1/s1. The highest BCUT2D eigenvalue weighted by atomic mass is 32.1. The summed E-state index contributed by atoms with van der Waals surface area (Å²) in [5.41, 5.74) is 3.96. The Balaban J connectivity index is 1.74. The summed E-state index contributed by atoms with van der Waals surface area (Å²) in [6.07, 6.45) is 2.48. The van der Waals surface area contributed by atoms with E-state index in [1.807, 2.05) is 16.7 Å². The first kappa shape index (κ1) is 17.5. The van der Waals surface area contributed by atoms with Crippen LogP contribution < -0.4 is 10.9 Å². The molecule has 1 aromatic heterocycles. The Kier molecular flexibility index (Phi) is 4.69. The van der Waals surface area contributed by atoms with Crippen molar-refractivity contribution in [1.82, 2.24) is 14.5 Å². The predicted octanol–water partition coefficient (Wildman–Crippen LogP) is 2.88. The van der Waals surface area contributed by atoms with Crippen molar-refractivity contribution in [2.24, 2.45) is 0 Å². The number of aromatic amines is 1. The van der Waals surface area contributed by atoms with Gasteiger partial charge in [0.15, 0.2) is 4.77 Å². The zero-order valence-electron chi connectivity index (χ0n) is 15.2. The second-order valence-corrected chi connectivity index (χ2v) is 7.51. The molecule has 4 rings (SSSR count). The Bertz CT molecular complexity index is 944. The van der Waals surface area contributed by atoms with E-state index in [-0.39, 0.29) is 11.7 Å². The van der Waals surface area contributed by atoms with Gasteiger partial charge in [-0.05, 0) is 56.1 Å². The summed E-state index contributed by atoms with van der Waals surface area (Å²) in [7, 11) is 0. The molecule has 0 saturated carbocycles. The molecule has 2 aliphatic heterocycles. The van der Waals surface area contributed by atoms with Crippen LogP contribution in [0.5, 0.6) is 0 Å². The van der Waals surface area contributed by atoms with Gasteiger partial charge in [-0.3, -0.25) is 19.2 Å². The fraction of sp³-hybridized carbons (Fsp3) is 0.474. The van der Waals surface area contributed by atoms with E-state index in [4.69, 9.17) is 17.0 Å². The van der Waals surface area contributed by atoms with Crippen molar-refractivity contribution >= 4 is 18.0 Å². The van der Waals surface area contributed by atoms with Crippen LogP contribution in [0, 0.1) is 18.6 Å². The molecular formula is C19H24N4O2S. The third-order valence-corrected chi connectivity index (χ3v) is 5.65. The molecule has 2 aromatic rings. The lowest BCUT2D eigenvalue weighted by Gasteiger charge is -2.32. The summed E-state index contributed by atoms with van der Waals surface area (Å²) in [5, 5.41) is 3.43. The van der Waals surface area contributed by atoms with Gasteiger partial charge in [-0.2, -0.15) is 0 Å². The number of anilines is 1. The molecule has 3 heterocycles. The van der Waals surface area contributed by atoms with E-state index in [1.165, 1.54) is 5.56 Å². The van der Waals surface area contributed by atoms with Crippen LogP contribution in [0.25, 0.3) is 5.69 Å². The minimum Gasteiger partial charge on any atom is -0.377 e. The normalized spacial score (nSPS) is 20.0. The van der Waals surface area contributed by atoms with Crippen molar-refractivity contribution in [3.05, 3.63) is 50.0 Å². The maximum atomic E-state index is 12.6. The van der Waals surface area contributed by atoms with Crippen LogP contribution in [0.15, 0.2) is 23.0 Å². The first-order valence-corrected chi connectivity index (χ1v) is 9.48. The lowest BCUT2D eigenvalue weighted by molar-refractivity contribution is 0.0716. The fourth-order valence-corrected chi connectivity index (χ4v) is 4.07. The van der Waals surface area contributed by atoms with Gasteiger partial charge >= 0.3 is 0 Å². The Hall–Kier alpha value is -1.96. The monoisotopic (exact) mass is 372 g/mol. The molecule has 7 heteroatoms. The topological polar surface area (TPSA) is 62.3 Å².